The van der Waals surface area contributed by atoms with E-state index in [9.17, 15) is 22.8 Å². The van der Waals surface area contributed by atoms with Crippen LogP contribution < -0.4 is 25.4 Å². The summed E-state index contributed by atoms with van der Waals surface area (Å²) in [6, 6.07) is 29.3. The van der Waals surface area contributed by atoms with Crippen molar-refractivity contribution in [3.05, 3.63) is 128 Å². The zero-order chi connectivity index (χ0) is 39.0. The molecule has 0 aliphatic rings. The van der Waals surface area contributed by atoms with Crippen molar-refractivity contribution >= 4 is 51.0 Å². The first-order valence-electron chi connectivity index (χ1n) is 16.6. The molecule has 0 fully saturated rings. The largest absolute Gasteiger partial charge is 0.435 e. The number of benzene rings is 4. The summed E-state index contributed by atoms with van der Waals surface area (Å²) in [5.74, 6) is 2.91. The molecule has 8 aromatic rings. The number of halogens is 4. The number of fused-ring (bicyclic) bond motifs is 2. The van der Waals surface area contributed by atoms with Crippen molar-refractivity contribution in [1.29, 1.82) is 5.26 Å². The number of rotatable bonds is 11. The van der Waals surface area contributed by atoms with Crippen LogP contribution in [0.3, 0.4) is 0 Å². The number of imidazole rings is 2. The Balaban J connectivity index is 0.000000172. The molecule has 18 heteroatoms. The Morgan fingerprint density at radius 3 is 1.54 bits per heavy atom. The van der Waals surface area contributed by atoms with Gasteiger partial charge in [-0.15, -0.1) is 0 Å². The summed E-state index contributed by atoms with van der Waals surface area (Å²) in [5, 5.41) is 18.6. The molecule has 0 saturated carbocycles. The number of anilines is 5. The zero-order valence-electron chi connectivity index (χ0n) is 29.1. The van der Waals surface area contributed by atoms with E-state index >= 15 is 0 Å². The molecule has 0 radical (unpaired) electrons. The lowest BCUT2D eigenvalue weighted by Gasteiger charge is -2.11. The Bertz CT molecular complexity index is 2630. The molecule has 0 amide bonds. The topological polar surface area (TPSA) is 166 Å². The van der Waals surface area contributed by atoms with Gasteiger partial charge in [-0.1, -0.05) is 24.3 Å². The fraction of sp³-hybridized carbons (Fsp3) is 0.0789. The van der Waals surface area contributed by atoms with E-state index < -0.39 is 13.2 Å². The summed E-state index contributed by atoms with van der Waals surface area (Å²) in [6.45, 7) is -5.73. The van der Waals surface area contributed by atoms with Gasteiger partial charge in [0.15, 0.2) is 23.3 Å². The molecule has 0 aliphatic heterocycles. The number of hydrogen-bond donors (Lipinski definition) is 3. The second-order valence-electron chi connectivity index (χ2n) is 11.5. The first kappa shape index (κ1) is 36.5. The van der Waals surface area contributed by atoms with Gasteiger partial charge < -0.3 is 25.4 Å². The van der Waals surface area contributed by atoms with Crippen molar-refractivity contribution in [2.45, 2.75) is 13.2 Å². The number of nitrogens with one attached hydrogen (secondary N) is 3. The van der Waals surface area contributed by atoms with Gasteiger partial charge in [0.25, 0.3) is 0 Å². The summed E-state index contributed by atoms with van der Waals surface area (Å²) < 4.78 is 61.1. The highest BCUT2D eigenvalue weighted by Crippen LogP contribution is 2.26. The number of hydrogen-bond acceptors (Lipinski definition) is 12. The maximum atomic E-state index is 12.3. The zero-order valence-corrected chi connectivity index (χ0v) is 29.1. The minimum absolute atomic E-state index is 0.0592. The third kappa shape index (κ3) is 8.36. The van der Waals surface area contributed by atoms with E-state index in [-0.39, 0.29) is 17.3 Å². The molecule has 280 valence electrons. The van der Waals surface area contributed by atoms with Gasteiger partial charge in [-0.05, 0) is 72.8 Å². The van der Waals surface area contributed by atoms with Crippen molar-refractivity contribution in [2.75, 3.05) is 23.0 Å². The maximum absolute atomic E-state index is 12.3. The van der Waals surface area contributed by atoms with E-state index in [1.54, 1.807) is 48.3 Å². The quantitative estimate of drug-likeness (QED) is 0.108. The van der Waals surface area contributed by atoms with Crippen LogP contribution in [0.2, 0.25) is 0 Å². The van der Waals surface area contributed by atoms with E-state index in [2.05, 4.69) is 61.4 Å². The highest BCUT2D eigenvalue weighted by atomic mass is 19.3. The van der Waals surface area contributed by atoms with Gasteiger partial charge in [0.05, 0.1) is 46.9 Å². The van der Waals surface area contributed by atoms with Crippen LogP contribution in [-0.2, 0) is 0 Å². The first-order valence-corrected chi connectivity index (χ1v) is 16.6. The number of nitrogens with zero attached hydrogens (tertiary/aromatic N) is 9. The van der Waals surface area contributed by atoms with Crippen LogP contribution in [0.25, 0.3) is 33.7 Å². The predicted octanol–water partition coefficient (Wildman–Crippen LogP) is 8.23. The SMILES string of the molecule is CNc1nc2ccccc2n1-c1cncc(Nc2ccc(OC(F)F)cc2)n1.N#Cc1nc2ccccc2n1-c1cncc(Nc2ccc(OC(F)F)cc2)n1. The van der Waals surface area contributed by atoms with Gasteiger partial charge >= 0.3 is 13.2 Å². The minimum atomic E-state index is -2.87. The summed E-state index contributed by atoms with van der Waals surface area (Å²) in [4.78, 5) is 26.3. The predicted molar refractivity (Wildman–Crippen MR) is 200 cm³/mol. The molecule has 0 saturated heterocycles. The molecule has 3 N–H and O–H groups in total. The van der Waals surface area contributed by atoms with Crippen LogP contribution in [0.4, 0.5) is 46.5 Å². The summed E-state index contributed by atoms with van der Waals surface area (Å²) in [6.07, 6.45) is 6.25. The minimum Gasteiger partial charge on any atom is -0.435 e. The summed E-state index contributed by atoms with van der Waals surface area (Å²) in [7, 11) is 1.79. The fourth-order valence-corrected chi connectivity index (χ4v) is 5.54. The van der Waals surface area contributed by atoms with E-state index in [4.69, 9.17) is 0 Å². The average Bonchev–Trinajstić information content (AvgIpc) is 3.78. The number of aromatic nitrogens is 8. The standard InChI is InChI=1S/C19H16F2N6O.C19H12F2N6O/c1-22-19-25-14-4-2-3-5-15(14)27(19)17-11-23-10-16(26-17)24-12-6-8-13(9-7-12)28-18(20)21;20-19(21)28-13-7-5-12(6-8-13)24-16-10-23-11-18(26-16)27-15-4-2-1-3-14(15)25-17(27)9-22/h2-11,18H,1H3,(H,22,25)(H,24,26);1-8,10-11,19H,(H,24,26). The molecule has 56 heavy (non-hydrogen) atoms. The summed E-state index contributed by atoms with van der Waals surface area (Å²) in [5.41, 5.74) is 4.42. The van der Waals surface area contributed by atoms with Crippen molar-refractivity contribution in [1.82, 2.24) is 39.0 Å². The molecule has 4 aromatic carbocycles. The van der Waals surface area contributed by atoms with Gasteiger partial charge in [0.1, 0.15) is 17.6 Å². The lowest BCUT2D eigenvalue weighted by molar-refractivity contribution is -0.0505. The number of alkyl halides is 4. The highest BCUT2D eigenvalue weighted by Gasteiger charge is 2.15. The van der Waals surface area contributed by atoms with Gasteiger partial charge in [0.2, 0.25) is 11.8 Å². The maximum Gasteiger partial charge on any atom is 0.387 e. The first-order chi connectivity index (χ1) is 27.3. The van der Waals surface area contributed by atoms with Crippen LogP contribution in [0.15, 0.2) is 122 Å². The molecular weight excluding hydrogens is 732 g/mol. The van der Waals surface area contributed by atoms with E-state index in [1.807, 2.05) is 53.1 Å². The van der Waals surface area contributed by atoms with Gasteiger partial charge in [-0.2, -0.15) is 22.8 Å². The van der Waals surface area contributed by atoms with Crippen molar-refractivity contribution in [2.24, 2.45) is 0 Å². The molecule has 0 bridgehead atoms. The number of ether oxygens (including phenoxy) is 2. The Morgan fingerprint density at radius 1 is 0.589 bits per heavy atom. The van der Waals surface area contributed by atoms with Gasteiger partial charge in [-0.25, -0.2) is 19.9 Å². The molecular formula is C38H28F4N12O2. The Kier molecular flexibility index (Phi) is 10.7. The van der Waals surface area contributed by atoms with Crippen molar-refractivity contribution in [3.63, 3.8) is 0 Å². The second-order valence-corrected chi connectivity index (χ2v) is 11.5. The third-order valence-corrected chi connectivity index (χ3v) is 7.85. The molecule has 0 spiro atoms. The van der Waals surface area contributed by atoms with Crippen LogP contribution in [0.1, 0.15) is 5.82 Å². The Labute approximate surface area is 315 Å². The molecule has 4 heterocycles. The number of para-hydroxylation sites is 4. The molecule has 0 atom stereocenters. The van der Waals surface area contributed by atoms with Crippen LogP contribution in [0.5, 0.6) is 11.5 Å². The van der Waals surface area contributed by atoms with E-state index in [0.717, 1.165) is 16.6 Å². The van der Waals surface area contributed by atoms with Gasteiger partial charge in [-0.3, -0.25) is 19.1 Å². The second kappa shape index (κ2) is 16.5. The smallest absolute Gasteiger partial charge is 0.387 e. The molecule has 14 nitrogen and oxygen atoms in total. The van der Waals surface area contributed by atoms with Crippen LogP contribution >= 0.6 is 0 Å². The van der Waals surface area contributed by atoms with Gasteiger partial charge in [0, 0.05) is 18.4 Å². The van der Waals surface area contributed by atoms with Crippen LogP contribution in [-0.4, -0.2) is 59.3 Å². The Morgan fingerprint density at radius 2 is 1.05 bits per heavy atom. The monoisotopic (exact) mass is 760 g/mol. The fourth-order valence-electron chi connectivity index (χ4n) is 5.54. The summed E-state index contributed by atoms with van der Waals surface area (Å²) >= 11 is 0. The normalized spacial score (nSPS) is 10.9. The molecule has 8 rings (SSSR count). The average molecular weight is 761 g/mol. The van der Waals surface area contributed by atoms with Crippen LogP contribution in [0, 0.1) is 11.3 Å². The Hall–Kier alpha value is -7.81. The molecule has 0 unspecified atom stereocenters. The van der Waals surface area contributed by atoms with E-state index in [0.29, 0.717) is 46.1 Å². The molecule has 4 aromatic heterocycles. The van der Waals surface area contributed by atoms with E-state index in [1.165, 1.54) is 36.7 Å². The van der Waals surface area contributed by atoms with Crippen molar-refractivity contribution < 1.29 is 27.0 Å². The molecule has 0 aliphatic carbocycles. The lowest BCUT2D eigenvalue weighted by atomic mass is 10.3. The third-order valence-electron chi connectivity index (χ3n) is 7.85. The van der Waals surface area contributed by atoms with Crippen molar-refractivity contribution in [3.8, 4) is 29.2 Å². The lowest BCUT2D eigenvalue weighted by Crippen LogP contribution is -2.05. The number of nitriles is 1. The highest BCUT2D eigenvalue weighted by molar-refractivity contribution is 5.81.